The van der Waals surface area contributed by atoms with Gasteiger partial charge in [0, 0.05) is 50.1 Å². The maximum absolute atomic E-state index is 13.4. The highest BCUT2D eigenvalue weighted by atomic mass is 19.1. The van der Waals surface area contributed by atoms with Gasteiger partial charge in [0.15, 0.2) is 0 Å². The van der Waals surface area contributed by atoms with Crippen LogP contribution in [0.4, 0.5) is 4.39 Å². The summed E-state index contributed by atoms with van der Waals surface area (Å²) in [5, 5.41) is 3.43. The summed E-state index contributed by atoms with van der Waals surface area (Å²) in [6, 6.07) is 5.39. The first-order chi connectivity index (χ1) is 12.1. The lowest BCUT2D eigenvalue weighted by Gasteiger charge is -2.28. The molecule has 1 aliphatic heterocycles. The van der Waals surface area contributed by atoms with Gasteiger partial charge in [-0.15, -0.1) is 0 Å². The normalized spacial score (nSPS) is 21.6. The monoisotopic (exact) mass is 342 g/mol. The Bertz CT molecular complexity index is 724. The molecule has 2 aromatic rings. The number of nitrogens with one attached hydrogen (secondary N) is 1. The van der Waals surface area contributed by atoms with Gasteiger partial charge in [-0.25, -0.2) is 4.39 Å². The number of rotatable bonds is 6. The van der Waals surface area contributed by atoms with E-state index in [1.807, 2.05) is 37.1 Å². The number of aromatic nitrogens is 2. The van der Waals surface area contributed by atoms with Gasteiger partial charge in [-0.3, -0.25) is 14.8 Å². The quantitative estimate of drug-likeness (QED) is 0.877. The van der Waals surface area contributed by atoms with Gasteiger partial charge in [0.1, 0.15) is 5.82 Å². The summed E-state index contributed by atoms with van der Waals surface area (Å²) in [5.74, 6) is -0.0172. The van der Waals surface area contributed by atoms with E-state index in [1.54, 1.807) is 12.4 Å². The minimum atomic E-state index is -0.340. The van der Waals surface area contributed by atoms with Crippen LogP contribution in [-0.2, 0) is 4.79 Å². The molecule has 25 heavy (non-hydrogen) atoms. The zero-order valence-corrected chi connectivity index (χ0v) is 14.5. The van der Waals surface area contributed by atoms with Crippen molar-refractivity contribution >= 4 is 5.91 Å². The van der Waals surface area contributed by atoms with Crippen molar-refractivity contribution < 1.29 is 9.18 Å². The molecule has 3 rings (SSSR count). The number of amides is 1. The zero-order valence-electron chi connectivity index (χ0n) is 14.5. The molecule has 0 aromatic carbocycles. The molecule has 0 bridgehead atoms. The van der Waals surface area contributed by atoms with E-state index >= 15 is 0 Å². The second-order valence-corrected chi connectivity index (χ2v) is 6.44. The third kappa shape index (κ3) is 3.85. The Kier molecular flexibility index (Phi) is 5.38. The van der Waals surface area contributed by atoms with Crippen molar-refractivity contribution in [1.29, 1.82) is 0 Å². The minimum Gasteiger partial charge on any atom is -0.336 e. The van der Waals surface area contributed by atoms with Crippen LogP contribution in [0, 0.1) is 11.7 Å². The third-order valence-electron chi connectivity index (χ3n) is 4.82. The van der Waals surface area contributed by atoms with Crippen LogP contribution in [0.1, 0.15) is 43.5 Å². The summed E-state index contributed by atoms with van der Waals surface area (Å²) < 4.78 is 13.4. The number of carbonyl (C=O) groups excluding carboxylic acids is 1. The molecule has 0 spiro atoms. The predicted octanol–water partition coefficient (Wildman–Crippen LogP) is 2.88. The van der Waals surface area contributed by atoms with Crippen molar-refractivity contribution in [2.75, 3.05) is 13.1 Å². The average Bonchev–Trinajstić information content (AvgIpc) is 2.95. The van der Waals surface area contributed by atoms with Gasteiger partial charge in [0.05, 0.1) is 12.2 Å². The van der Waals surface area contributed by atoms with Crippen molar-refractivity contribution in [2.24, 2.45) is 5.92 Å². The SMILES string of the molecule is CCN1C(=O)C[C@@H](CNC(C)c2cncc(F)c2)[C@@H]1c1cccnc1. The molecule has 1 aliphatic rings. The van der Waals surface area contributed by atoms with E-state index in [-0.39, 0.29) is 29.7 Å². The molecule has 6 heteroatoms. The summed E-state index contributed by atoms with van der Waals surface area (Å²) in [5.41, 5.74) is 1.86. The predicted molar refractivity (Wildman–Crippen MR) is 93.1 cm³/mol. The highest BCUT2D eigenvalue weighted by molar-refractivity contribution is 5.79. The average molecular weight is 342 g/mol. The fraction of sp³-hybridized carbons (Fsp3) is 0.421. The third-order valence-corrected chi connectivity index (χ3v) is 4.82. The number of halogens is 1. The lowest BCUT2D eigenvalue weighted by Crippen LogP contribution is -2.32. The van der Waals surface area contributed by atoms with E-state index in [2.05, 4.69) is 15.3 Å². The number of nitrogens with zero attached hydrogens (tertiary/aromatic N) is 3. The number of hydrogen-bond donors (Lipinski definition) is 1. The first-order valence-electron chi connectivity index (χ1n) is 8.63. The van der Waals surface area contributed by atoms with Gasteiger partial charge >= 0.3 is 0 Å². The van der Waals surface area contributed by atoms with Crippen LogP contribution in [0.2, 0.25) is 0 Å². The van der Waals surface area contributed by atoms with E-state index in [9.17, 15) is 9.18 Å². The van der Waals surface area contributed by atoms with Crippen molar-refractivity contribution in [2.45, 2.75) is 32.4 Å². The Hall–Kier alpha value is -2.34. The smallest absolute Gasteiger partial charge is 0.223 e. The highest BCUT2D eigenvalue weighted by Crippen LogP contribution is 2.37. The first kappa shape index (κ1) is 17.5. The molecule has 2 aromatic heterocycles. The maximum Gasteiger partial charge on any atom is 0.223 e. The van der Waals surface area contributed by atoms with Crippen LogP contribution in [0.25, 0.3) is 0 Å². The molecule has 5 nitrogen and oxygen atoms in total. The summed E-state index contributed by atoms with van der Waals surface area (Å²) in [6.45, 7) is 5.32. The van der Waals surface area contributed by atoms with Gasteiger partial charge in [-0.2, -0.15) is 0 Å². The van der Waals surface area contributed by atoms with Gasteiger partial charge < -0.3 is 10.2 Å². The standard InChI is InChI=1S/C19H23FN4O/c1-3-24-18(25)8-16(19(24)14-5-4-6-21-9-14)11-23-13(2)15-7-17(20)12-22-10-15/h4-7,9-10,12-13,16,19,23H,3,8,11H2,1-2H3/t13?,16-,19-/m0/s1. The molecular weight excluding hydrogens is 319 g/mol. The summed E-state index contributed by atoms with van der Waals surface area (Å²) in [6.07, 6.45) is 6.94. The highest BCUT2D eigenvalue weighted by Gasteiger charge is 2.39. The Balaban J connectivity index is 1.73. The lowest BCUT2D eigenvalue weighted by atomic mass is 9.94. The fourth-order valence-corrected chi connectivity index (χ4v) is 3.53. The van der Waals surface area contributed by atoms with Crippen molar-refractivity contribution in [3.63, 3.8) is 0 Å². The van der Waals surface area contributed by atoms with Gasteiger partial charge in [-0.05, 0) is 37.1 Å². The largest absolute Gasteiger partial charge is 0.336 e. The van der Waals surface area contributed by atoms with Crippen LogP contribution < -0.4 is 5.32 Å². The van der Waals surface area contributed by atoms with Crippen molar-refractivity contribution in [3.05, 3.63) is 59.9 Å². The number of hydrogen-bond acceptors (Lipinski definition) is 4. The van der Waals surface area contributed by atoms with Crippen LogP contribution in [0.15, 0.2) is 43.0 Å². The molecule has 0 radical (unpaired) electrons. The second-order valence-electron chi connectivity index (χ2n) is 6.44. The number of pyridine rings is 2. The van der Waals surface area contributed by atoms with Crippen molar-refractivity contribution in [3.8, 4) is 0 Å². The Morgan fingerprint density at radius 2 is 2.20 bits per heavy atom. The number of likely N-dealkylation sites (tertiary alicyclic amines) is 1. The van der Waals surface area contributed by atoms with Crippen LogP contribution in [0.3, 0.4) is 0 Å². The maximum atomic E-state index is 13.4. The van der Waals surface area contributed by atoms with Gasteiger partial charge in [-0.1, -0.05) is 6.07 Å². The van der Waals surface area contributed by atoms with E-state index in [0.717, 1.165) is 11.1 Å². The van der Waals surface area contributed by atoms with E-state index in [0.29, 0.717) is 19.5 Å². The topological polar surface area (TPSA) is 58.1 Å². The van der Waals surface area contributed by atoms with E-state index < -0.39 is 0 Å². The summed E-state index contributed by atoms with van der Waals surface area (Å²) in [4.78, 5) is 22.4. The molecule has 132 valence electrons. The van der Waals surface area contributed by atoms with Crippen LogP contribution in [-0.4, -0.2) is 33.9 Å². The zero-order chi connectivity index (χ0) is 17.8. The van der Waals surface area contributed by atoms with E-state index in [4.69, 9.17) is 0 Å². The van der Waals surface area contributed by atoms with Gasteiger partial charge in [0.2, 0.25) is 5.91 Å². The van der Waals surface area contributed by atoms with E-state index in [1.165, 1.54) is 12.3 Å². The molecule has 1 amide bonds. The Morgan fingerprint density at radius 1 is 1.36 bits per heavy atom. The Labute approximate surface area is 147 Å². The molecule has 1 saturated heterocycles. The molecule has 1 fully saturated rings. The first-order valence-corrected chi connectivity index (χ1v) is 8.63. The summed E-state index contributed by atoms with van der Waals surface area (Å²) >= 11 is 0. The fourth-order valence-electron chi connectivity index (χ4n) is 3.53. The Morgan fingerprint density at radius 3 is 2.88 bits per heavy atom. The molecule has 3 atom stereocenters. The molecule has 1 unspecified atom stereocenters. The minimum absolute atomic E-state index is 0.0246. The molecule has 1 N–H and O–H groups in total. The lowest BCUT2D eigenvalue weighted by molar-refractivity contribution is -0.128. The summed E-state index contributed by atoms with van der Waals surface area (Å²) in [7, 11) is 0. The molecular formula is C19H23FN4O. The second kappa shape index (κ2) is 7.70. The molecule has 0 saturated carbocycles. The number of carbonyl (C=O) groups is 1. The molecule has 0 aliphatic carbocycles. The molecule has 3 heterocycles. The van der Waals surface area contributed by atoms with Crippen LogP contribution in [0.5, 0.6) is 0 Å². The van der Waals surface area contributed by atoms with Gasteiger partial charge in [0.25, 0.3) is 0 Å². The van der Waals surface area contributed by atoms with Crippen molar-refractivity contribution in [1.82, 2.24) is 20.2 Å². The van der Waals surface area contributed by atoms with Crippen LogP contribution >= 0.6 is 0 Å².